The molecule has 1 aliphatic heterocycles. The second-order valence-corrected chi connectivity index (χ2v) is 3.74. The van der Waals surface area contributed by atoms with Gasteiger partial charge in [-0.1, -0.05) is 11.8 Å². The molecule has 0 aliphatic carbocycles. The zero-order valence-electron chi connectivity index (χ0n) is 7.11. The number of hydrogen-bond donors (Lipinski definition) is 1. The highest BCUT2D eigenvalue weighted by atomic mass is 32.2. The summed E-state index contributed by atoms with van der Waals surface area (Å²) in [6, 6.07) is 0.367. The SMILES string of the molecule is CC(C)NC1=NC(OC=O)CS1. The fourth-order valence-electron chi connectivity index (χ4n) is 0.815. The van der Waals surface area contributed by atoms with Gasteiger partial charge < -0.3 is 10.1 Å². The minimum absolute atomic E-state index is 0.297. The number of nitrogens with zero attached hydrogens (tertiary/aromatic N) is 1. The van der Waals surface area contributed by atoms with Crippen molar-refractivity contribution in [2.45, 2.75) is 26.1 Å². The molecule has 0 amide bonds. The van der Waals surface area contributed by atoms with Crippen LogP contribution in [0.4, 0.5) is 0 Å². The summed E-state index contributed by atoms with van der Waals surface area (Å²) >= 11 is 1.57. The monoisotopic (exact) mass is 188 g/mol. The highest BCUT2D eigenvalue weighted by Crippen LogP contribution is 2.16. The molecule has 5 heteroatoms. The predicted octanol–water partition coefficient (Wildman–Crippen LogP) is 0.586. The first-order valence-corrected chi connectivity index (χ1v) is 4.77. The molecule has 0 saturated carbocycles. The van der Waals surface area contributed by atoms with Crippen molar-refractivity contribution < 1.29 is 9.53 Å². The van der Waals surface area contributed by atoms with Crippen LogP contribution in [0.1, 0.15) is 13.8 Å². The molecule has 0 fully saturated rings. The molecule has 0 spiro atoms. The van der Waals surface area contributed by atoms with Crippen LogP contribution in [0.15, 0.2) is 4.99 Å². The Morgan fingerprint density at radius 2 is 2.58 bits per heavy atom. The van der Waals surface area contributed by atoms with Gasteiger partial charge in [-0.25, -0.2) is 4.99 Å². The summed E-state index contributed by atoms with van der Waals surface area (Å²) < 4.78 is 4.69. The van der Waals surface area contributed by atoms with Gasteiger partial charge in [-0.05, 0) is 13.8 Å². The average Bonchev–Trinajstić information content (AvgIpc) is 2.36. The molecule has 4 nitrogen and oxygen atoms in total. The van der Waals surface area contributed by atoms with Crippen molar-refractivity contribution in [3.05, 3.63) is 0 Å². The topological polar surface area (TPSA) is 50.7 Å². The van der Waals surface area contributed by atoms with Crippen molar-refractivity contribution in [2.75, 3.05) is 5.75 Å². The van der Waals surface area contributed by atoms with E-state index in [1.165, 1.54) is 0 Å². The van der Waals surface area contributed by atoms with Crippen molar-refractivity contribution in [1.82, 2.24) is 5.32 Å². The Morgan fingerprint density at radius 3 is 3.17 bits per heavy atom. The molecule has 1 unspecified atom stereocenters. The Hall–Kier alpha value is -0.710. The van der Waals surface area contributed by atoms with Crippen molar-refractivity contribution in [1.29, 1.82) is 0 Å². The van der Waals surface area contributed by atoms with Gasteiger partial charge in [-0.3, -0.25) is 4.79 Å². The molecule has 1 heterocycles. The third-order valence-corrected chi connectivity index (χ3v) is 2.20. The summed E-state index contributed by atoms with van der Waals surface area (Å²) in [6.45, 7) is 4.51. The molecule has 68 valence electrons. The molecule has 0 aromatic heterocycles. The zero-order valence-corrected chi connectivity index (χ0v) is 7.93. The van der Waals surface area contributed by atoms with Crippen LogP contribution in [-0.4, -0.2) is 29.7 Å². The Balaban J connectivity index is 2.37. The molecule has 0 saturated heterocycles. The van der Waals surface area contributed by atoms with Gasteiger partial charge in [-0.15, -0.1) is 0 Å². The molecular weight excluding hydrogens is 176 g/mol. The lowest BCUT2D eigenvalue weighted by Gasteiger charge is -2.06. The second-order valence-electron chi connectivity index (χ2n) is 2.73. The Kier molecular flexibility index (Phi) is 3.40. The number of thioether (sulfide) groups is 1. The van der Waals surface area contributed by atoms with Crippen molar-refractivity contribution >= 4 is 23.4 Å². The number of rotatable bonds is 3. The highest BCUT2D eigenvalue weighted by molar-refractivity contribution is 8.14. The summed E-state index contributed by atoms with van der Waals surface area (Å²) in [6.07, 6.45) is -0.297. The number of nitrogens with one attached hydrogen (secondary N) is 1. The van der Waals surface area contributed by atoms with E-state index in [0.717, 1.165) is 5.17 Å². The van der Waals surface area contributed by atoms with Gasteiger partial charge in [0, 0.05) is 6.04 Å². The largest absolute Gasteiger partial charge is 0.441 e. The van der Waals surface area contributed by atoms with Crippen LogP contribution in [0, 0.1) is 0 Å². The quantitative estimate of drug-likeness (QED) is 0.658. The van der Waals surface area contributed by atoms with Gasteiger partial charge in [0.15, 0.2) is 5.17 Å². The van der Waals surface area contributed by atoms with Gasteiger partial charge >= 0.3 is 0 Å². The molecule has 0 aromatic carbocycles. The van der Waals surface area contributed by atoms with Crippen LogP contribution < -0.4 is 5.32 Å². The first-order valence-electron chi connectivity index (χ1n) is 3.78. The lowest BCUT2D eigenvalue weighted by atomic mass is 10.4. The third-order valence-electron chi connectivity index (χ3n) is 1.25. The van der Waals surface area contributed by atoms with Crippen LogP contribution >= 0.6 is 11.8 Å². The van der Waals surface area contributed by atoms with Gasteiger partial charge in [-0.2, -0.15) is 0 Å². The lowest BCUT2D eigenvalue weighted by molar-refractivity contribution is -0.132. The van der Waals surface area contributed by atoms with E-state index in [1.807, 2.05) is 13.8 Å². The maximum Gasteiger partial charge on any atom is 0.295 e. The van der Waals surface area contributed by atoms with Gasteiger partial charge in [0.25, 0.3) is 6.47 Å². The summed E-state index contributed by atoms with van der Waals surface area (Å²) in [5.74, 6) is 0.716. The Bertz CT molecular complexity index is 194. The van der Waals surface area contributed by atoms with E-state index in [2.05, 4.69) is 15.0 Å². The number of aliphatic imine (C=N–C) groups is 1. The van der Waals surface area contributed by atoms with E-state index < -0.39 is 0 Å². The van der Waals surface area contributed by atoms with Crippen molar-refractivity contribution in [3.8, 4) is 0 Å². The molecule has 1 N–H and O–H groups in total. The number of amidine groups is 1. The molecule has 0 radical (unpaired) electrons. The van der Waals surface area contributed by atoms with Gasteiger partial charge in [0.1, 0.15) is 0 Å². The van der Waals surface area contributed by atoms with E-state index in [9.17, 15) is 4.79 Å². The molecule has 1 atom stereocenters. The molecular formula is C7H12N2O2S. The zero-order chi connectivity index (χ0) is 8.97. The third kappa shape index (κ3) is 2.73. The number of carbonyl (C=O) groups excluding carboxylic acids is 1. The van der Waals surface area contributed by atoms with E-state index >= 15 is 0 Å². The Labute approximate surface area is 75.8 Å². The van der Waals surface area contributed by atoms with Gasteiger partial charge in [0.2, 0.25) is 6.23 Å². The average molecular weight is 188 g/mol. The second kappa shape index (κ2) is 4.35. The first kappa shape index (κ1) is 9.38. The smallest absolute Gasteiger partial charge is 0.295 e. The van der Waals surface area contributed by atoms with E-state index in [0.29, 0.717) is 18.3 Å². The maximum atomic E-state index is 9.97. The van der Waals surface area contributed by atoms with Gasteiger partial charge in [0.05, 0.1) is 5.75 Å². The van der Waals surface area contributed by atoms with Crippen LogP contribution in [0.3, 0.4) is 0 Å². The number of hydrogen-bond acceptors (Lipinski definition) is 5. The minimum atomic E-state index is -0.297. The van der Waals surface area contributed by atoms with Crippen LogP contribution in [0.2, 0.25) is 0 Å². The molecule has 1 rings (SSSR count). The standard InChI is InChI=1S/C7H12N2O2S/c1-5(2)8-7-9-6(3-12-7)11-4-10/h4-6H,3H2,1-2H3,(H,8,9). The first-order chi connectivity index (χ1) is 5.72. The lowest BCUT2D eigenvalue weighted by Crippen LogP contribution is -2.26. The molecule has 12 heavy (non-hydrogen) atoms. The van der Waals surface area contributed by atoms with E-state index in [-0.39, 0.29) is 6.23 Å². The van der Waals surface area contributed by atoms with E-state index in [1.54, 1.807) is 11.8 Å². The fourth-order valence-corrected chi connectivity index (χ4v) is 1.78. The van der Waals surface area contributed by atoms with Crippen molar-refractivity contribution in [3.63, 3.8) is 0 Å². The minimum Gasteiger partial charge on any atom is -0.441 e. The van der Waals surface area contributed by atoms with E-state index in [4.69, 9.17) is 0 Å². The summed E-state index contributed by atoms with van der Waals surface area (Å²) in [5, 5.41) is 4.01. The number of ether oxygens (including phenoxy) is 1. The fraction of sp³-hybridized carbons (Fsp3) is 0.714. The van der Waals surface area contributed by atoms with Crippen LogP contribution in [-0.2, 0) is 9.53 Å². The summed E-state index contributed by atoms with van der Waals surface area (Å²) in [5.41, 5.74) is 0. The molecule has 0 aromatic rings. The summed E-state index contributed by atoms with van der Waals surface area (Å²) in [7, 11) is 0. The maximum absolute atomic E-state index is 9.97. The summed E-state index contributed by atoms with van der Waals surface area (Å²) in [4.78, 5) is 14.1. The normalized spacial score (nSPS) is 22.2. The Morgan fingerprint density at radius 1 is 1.83 bits per heavy atom. The van der Waals surface area contributed by atoms with Crippen molar-refractivity contribution in [2.24, 2.45) is 4.99 Å². The highest BCUT2D eigenvalue weighted by Gasteiger charge is 2.18. The van der Waals surface area contributed by atoms with Crippen LogP contribution in [0.5, 0.6) is 0 Å². The molecule has 1 aliphatic rings. The number of carbonyl (C=O) groups is 1. The predicted molar refractivity (Wildman–Crippen MR) is 49.1 cm³/mol. The molecule has 0 bridgehead atoms. The van der Waals surface area contributed by atoms with Crippen LogP contribution in [0.25, 0.3) is 0 Å².